The maximum atomic E-state index is 12.2. The molecule has 0 atom stereocenters. The predicted octanol–water partition coefficient (Wildman–Crippen LogP) is 1.71. The number of likely N-dealkylation sites (N-methyl/N-ethyl adjacent to an activating group) is 1. The van der Waals surface area contributed by atoms with Crippen molar-refractivity contribution in [3.8, 4) is 0 Å². The Morgan fingerprint density at radius 2 is 1.80 bits per heavy atom. The number of carbonyl (C=O) groups excluding carboxylic acids is 1. The first-order valence-corrected chi connectivity index (χ1v) is 7.45. The molecule has 0 spiro atoms. The van der Waals surface area contributed by atoms with Crippen LogP contribution < -0.4 is 5.73 Å². The first kappa shape index (κ1) is 16.7. The summed E-state index contributed by atoms with van der Waals surface area (Å²) in [7, 11) is 0. The quantitative estimate of drug-likeness (QED) is 0.747. The van der Waals surface area contributed by atoms with E-state index < -0.39 is 0 Å². The second kappa shape index (κ2) is 9.50. The highest BCUT2D eigenvalue weighted by Gasteiger charge is 2.15. The smallest absolute Gasteiger partial charge is 0.236 e. The molecule has 0 fully saturated rings. The Kier molecular flexibility index (Phi) is 7.92. The Hall–Kier alpha value is -1.39. The molecular weight excluding hydrogens is 250 g/mol. The van der Waals surface area contributed by atoms with Gasteiger partial charge in [0, 0.05) is 26.2 Å². The lowest BCUT2D eigenvalue weighted by molar-refractivity contribution is -0.132. The highest BCUT2D eigenvalue weighted by Crippen LogP contribution is 2.06. The largest absolute Gasteiger partial charge is 0.342 e. The van der Waals surface area contributed by atoms with E-state index in [0.29, 0.717) is 13.1 Å². The third kappa shape index (κ3) is 5.72. The molecule has 1 aromatic rings. The van der Waals surface area contributed by atoms with E-state index in [1.165, 1.54) is 5.56 Å². The van der Waals surface area contributed by atoms with E-state index in [9.17, 15) is 4.79 Å². The third-order valence-electron chi connectivity index (χ3n) is 3.40. The van der Waals surface area contributed by atoms with E-state index in [1.54, 1.807) is 0 Å². The van der Waals surface area contributed by atoms with E-state index in [1.807, 2.05) is 36.9 Å². The molecule has 2 N–H and O–H groups in total. The van der Waals surface area contributed by atoms with Gasteiger partial charge in [0.2, 0.25) is 5.91 Å². The lowest BCUT2D eigenvalue weighted by Gasteiger charge is -2.26. The number of benzene rings is 1. The fourth-order valence-corrected chi connectivity index (χ4v) is 2.24. The number of carbonyl (C=O) groups is 1. The zero-order valence-electron chi connectivity index (χ0n) is 12.7. The zero-order chi connectivity index (χ0) is 14.8. The zero-order valence-corrected chi connectivity index (χ0v) is 12.7. The monoisotopic (exact) mass is 277 g/mol. The van der Waals surface area contributed by atoms with Crippen molar-refractivity contribution in [1.29, 1.82) is 0 Å². The standard InChI is InChI=1S/C16H27N3O/c1-3-19(4-2)16(20)14-18(12-8-11-17)13-15-9-6-5-7-10-15/h5-7,9-10H,3-4,8,11-14,17H2,1-2H3. The number of amides is 1. The van der Waals surface area contributed by atoms with E-state index in [-0.39, 0.29) is 5.91 Å². The van der Waals surface area contributed by atoms with Crippen LogP contribution in [0.25, 0.3) is 0 Å². The van der Waals surface area contributed by atoms with Crippen molar-refractivity contribution in [3.63, 3.8) is 0 Å². The van der Waals surface area contributed by atoms with Gasteiger partial charge in [-0.1, -0.05) is 30.3 Å². The Morgan fingerprint density at radius 3 is 2.35 bits per heavy atom. The molecule has 0 aliphatic heterocycles. The first-order valence-electron chi connectivity index (χ1n) is 7.45. The summed E-state index contributed by atoms with van der Waals surface area (Å²) in [5.74, 6) is 0.197. The van der Waals surface area contributed by atoms with Crippen LogP contribution in [-0.4, -0.2) is 48.4 Å². The van der Waals surface area contributed by atoms with Crippen LogP contribution in [0.1, 0.15) is 25.8 Å². The number of nitrogens with two attached hydrogens (primary N) is 1. The lowest BCUT2D eigenvalue weighted by atomic mass is 10.2. The molecule has 1 amide bonds. The van der Waals surface area contributed by atoms with Gasteiger partial charge >= 0.3 is 0 Å². The second-order valence-corrected chi connectivity index (χ2v) is 4.90. The Bertz CT molecular complexity index is 377. The summed E-state index contributed by atoms with van der Waals surface area (Å²) in [4.78, 5) is 16.3. The summed E-state index contributed by atoms with van der Waals surface area (Å²) in [5, 5.41) is 0. The third-order valence-corrected chi connectivity index (χ3v) is 3.40. The fraction of sp³-hybridized carbons (Fsp3) is 0.562. The summed E-state index contributed by atoms with van der Waals surface area (Å²) >= 11 is 0. The van der Waals surface area contributed by atoms with Gasteiger partial charge in [0.15, 0.2) is 0 Å². The van der Waals surface area contributed by atoms with Crippen molar-refractivity contribution in [2.45, 2.75) is 26.8 Å². The van der Waals surface area contributed by atoms with Crippen LogP contribution in [0.4, 0.5) is 0 Å². The summed E-state index contributed by atoms with van der Waals surface area (Å²) in [6.45, 7) is 8.36. The van der Waals surface area contributed by atoms with Crippen molar-refractivity contribution in [2.75, 3.05) is 32.7 Å². The number of rotatable bonds is 9. The first-order chi connectivity index (χ1) is 9.71. The van der Waals surface area contributed by atoms with E-state index in [4.69, 9.17) is 5.73 Å². The lowest BCUT2D eigenvalue weighted by Crippen LogP contribution is -2.40. The Balaban J connectivity index is 2.61. The molecule has 112 valence electrons. The Morgan fingerprint density at radius 1 is 1.15 bits per heavy atom. The number of hydrogen-bond acceptors (Lipinski definition) is 3. The van der Waals surface area contributed by atoms with Crippen LogP contribution in [0.3, 0.4) is 0 Å². The van der Waals surface area contributed by atoms with Crippen molar-refractivity contribution < 1.29 is 4.79 Å². The molecule has 0 aliphatic rings. The molecule has 0 unspecified atom stereocenters. The van der Waals surface area contributed by atoms with E-state index in [2.05, 4.69) is 17.0 Å². The average Bonchev–Trinajstić information content (AvgIpc) is 2.47. The van der Waals surface area contributed by atoms with Crippen LogP contribution in [-0.2, 0) is 11.3 Å². The van der Waals surface area contributed by atoms with Gasteiger partial charge in [0.05, 0.1) is 6.54 Å². The van der Waals surface area contributed by atoms with Crippen molar-refractivity contribution in [3.05, 3.63) is 35.9 Å². The minimum Gasteiger partial charge on any atom is -0.342 e. The molecule has 0 radical (unpaired) electrons. The molecular formula is C16H27N3O. The minimum atomic E-state index is 0.197. The minimum absolute atomic E-state index is 0.197. The maximum Gasteiger partial charge on any atom is 0.236 e. The van der Waals surface area contributed by atoms with E-state index >= 15 is 0 Å². The molecule has 0 aromatic heterocycles. The van der Waals surface area contributed by atoms with Gasteiger partial charge in [-0.3, -0.25) is 9.69 Å². The number of hydrogen-bond donors (Lipinski definition) is 1. The molecule has 0 bridgehead atoms. The Labute approximate surface area is 122 Å². The van der Waals surface area contributed by atoms with Gasteiger partial charge in [0.1, 0.15) is 0 Å². The van der Waals surface area contributed by atoms with Gasteiger partial charge in [-0.25, -0.2) is 0 Å². The van der Waals surface area contributed by atoms with E-state index in [0.717, 1.165) is 32.6 Å². The topological polar surface area (TPSA) is 49.6 Å². The molecule has 0 heterocycles. The molecule has 4 nitrogen and oxygen atoms in total. The predicted molar refractivity (Wildman–Crippen MR) is 83.3 cm³/mol. The van der Waals surface area contributed by atoms with Crippen LogP contribution in [0, 0.1) is 0 Å². The summed E-state index contributed by atoms with van der Waals surface area (Å²) in [5.41, 5.74) is 6.82. The van der Waals surface area contributed by atoms with Gasteiger partial charge in [0.25, 0.3) is 0 Å². The normalized spacial score (nSPS) is 10.8. The van der Waals surface area contributed by atoms with Crippen LogP contribution in [0.5, 0.6) is 0 Å². The second-order valence-electron chi connectivity index (χ2n) is 4.90. The van der Waals surface area contributed by atoms with Gasteiger partial charge in [-0.15, -0.1) is 0 Å². The fourth-order valence-electron chi connectivity index (χ4n) is 2.24. The van der Waals surface area contributed by atoms with Crippen molar-refractivity contribution in [1.82, 2.24) is 9.80 Å². The molecule has 1 aromatic carbocycles. The molecule has 0 aliphatic carbocycles. The average molecular weight is 277 g/mol. The van der Waals surface area contributed by atoms with Gasteiger partial charge < -0.3 is 10.6 Å². The summed E-state index contributed by atoms with van der Waals surface area (Å²) in [6, 6.07) is 10.3. The maximum absolute atomic E-state index is 12.2. The van der Waals surface area contributed by atoms with Gasteiger partial charge in [-0.05, 0) is 32.4 Å². The number of nitrogens with zero attached hydrogens (tertiary/aromatic N) is 2. The molecule has 0 saturated heterocycles. The summed E-state index contributed by atoms with van der Waals surface area (Å²) in [6.07, 6.45) is 0.915. The van der Waals surface area contributed by atoms with Crippen LogP contribution in [0.2, 0.25) is 0 Å². The summed E-state index contributed by atoms with van der Waals surface area (Å²) < 4.78 is 0. The molecule has 4 heteroatoms. The van der Waals surface area contributed by atoms with Crippen molar-refractivity contribution in [2.24, 2.45) is 5.73 Å². The van der Waals surface area contributed by atoms with Crippen molar-refractivity contribution >= 4 is 5.91 Å². The highest BCUT2D eigenvalue weighted by molar-refractivity contribution is 5.78. The van der Waals surface area contributed by atoms with Crippen LogP contribution in [0.15, 0.2) is 30.3 Å². The van der Waals surface area contributed by atoms with Gasteiger partial charge in [-0.2, -0.15) is 0 Å². The molecule has 0 saturated carbocycles. The SMILES string of the molecule is CCN(CC)C(=O)CN(CCCN)Cc1ccccc1. The van der Waals surface area contributed by atoms with Crippen LogP contribution >= 0.6 is 0 Å². The molecule has 20 heavy (non-hydrogen) atoms. The molecule has 1 rings (SSSR count). The highest BCUT2D eigenvalue weighted by atomic mass is 16.2.